The van der Waals surface area contributed by atoms with Gasteiger partial charge in [-0.3, -0.25) is 0 Å². The molecule has 2 amide bonds. The Morgan fingerprint density at radius 1 is 0.950 bits per heavy atom. The molecule has 6 heteroatoms. The zero-order chi connectivity index (χ0) is 14.5. The van der Waals surface area contributed by atoms with Crippen molar-refractivity contribution >= 4 is 46.5 Å². The molecule has 0 saturated heterocycles. The van der Waals surface area contributed by atoms with Crippen LogP contribution in [0.15, 0.2) is 42.5 Å². The number of rotatable bonds is 3. The second-order valence-electron chi connectivity index (χ2n) is 4.01. The maximum absolute atomic E-state index is 11.8. The average Bonchev–Trinajstić information content (AvgIpc) is 2.41. The van der Waals surface area contributed by atoms with Gasteiger partial charge >= 0.3 is 6.03 Å². The molecule has 20 heavy (non-hydrogen) atoms. The van der Waals surface area contributed by atoms with Gasteiger partial charge in [-0.1, -0.05) is 40.9 Å². The van der Waals surface area contributed by atoms with E-state index in [1.165, 1.54) is 0 Å². The lowest BCUT2D eigenvalue weighted by Gasteiger charge is -2.10. The van der Waals surface area contributed by atoms with E-state index in [1.807, 2.05) is 0 Å². The monoisotopic (exact) mass is 328 g/mol. The van der Waals surface area contributed by atoms with Gasteiger partial charge < -0.3 is 10.6 Å². The number of benzene rings is 2. The maximum Gasteiger partial charge on any atom is 0.319 e. The molecule has 2 rings (SSSR count). The summed E-state index contributed by atoms with van der Waals surface area (Å²) >= 11 is 17.8. The van der Waals surface area contributed by atoms with Crippen molar-refractivity contribution in [2.24, 2.45) is 0 Å². The fourth-order valence-electron chi connectivity index (χ4n) is 1.58. The average molecular weight is 330 g/mol. The third kappa shape index (κ3) is 4.04. The normalized spacial score (nSPS) is 10.2. The molecule has 0 fully saturated rings. The Morgan fingerprint density at radius 2 is 1.55 bits per heavy atom. The molecule has 0 aliphatic heterocycles. The summed E-state index contributed by atoms with van der Waals surface area (Å²) in [5.74, 6) is 0. The van der Waals surface area contributed by atoms with Crippen molar-refractivity contribution in [2.75, 3.05) is 5.32 Å². The molecular formula is C14H11Cl3N2O. The fraction of sp³-hybridized carbons (Fsp3) is 0.0714. The smallest absolute Gasteiger partial charge is 0.319 e. The molecule has 0 aliphatic carbocycles. The van der Waals surface area contributed by atoms with E-state index in [0.717, 1.165) is 0 Å². The van der Waals surface area contributed by atoms with Gasteiger partial charge in [-0.2, -0.15) is 0 Å². The summed E-state index contributed by atoms with van der Waals surface area (Å²) in [5.41, 5.74) is 1.33. The Bertz CT molecular complexity index is 594. The molecule has 0 aliphatic rings. The maximum atomic E-state index is 11.8. The van der Waals surface area contributed by atoms with Crippen LogP contribution in [0.4, 0.5) is 10.5 Å². The van der Waals surface area contributed by atoms with Crippen LogP contribution in [0.25, 0.3) is 0 Å². The topological polar surface area (TPSA) is 41.1 Å². The van der Waals surface area contributed by atoms with E-state index >= 15 is 0 Å². The summed E-state index contributed by atoms with van der Waals surface area (Å²) in [6, 6.07) is 11.7. The molecule has 104 valence electrons. The Balaban J connectivity index is 1.94. The van der Waals surface area contributed by atoms with Crippen LogP contribution in [-0.2, 0) is 6.54 Å². The summed E-state index contributed by atoms with van der Waals surface area (Å²) in [6.45, 7) is 0.248. The van der Waals surface area contributed by atoms with Gasteiger partial charge in [-0.25, -0.2) is 4.79 Å². The fourth-order valence-corrected chi connectivity index (χ4v) is 2.24. The molecule has 2 N–H and O–H groups in total. The van der Waals surface area contributed by atoms with Gasteiger partial charge in [0.05, 0.1) is 0 Å². The summed E-state index contributed by atoms with van der Waals surface area (Å²) in [4.78, 5) is 11.8. The number of halogens is 3. The van der Waals surface area contributed by atoms with Gasteiger partial charge in [0.25, 0.3) is 0 Å². The van der Waals surface area contributed by atoms with Gasteiger partial charge in [0.1, 0.15) is 0 Å². The number of carbonyl (C=O) groups is 1. The van der Waals surface area contributed by atoms with E-state index < -0.39 is 0 Å². The van der Waals surface area contributed by atoms with Crippen molar-refractivity contribution < 1.29 is 4.79 Å². The molecule has 0 spiro atoms. The Labute approximate surface area is 131 Å². The third-order valence-electron chi connectivity index (χ3n) is 2.59. The first-order chi connectivity index (χ1) is 9.56. The lowest BCUT2D eigenvalue weighted by atomic mass is 10.2. The van der Waals surface area contributed by atoms with Gasteiger partial charge in [-0.15, -0.1) is 0 Å². The lowest BCUT2D eigenvalue weighted by Crippen LogP contribution is -2.28. The predicted molar refractivity (Wildman–Crippen MR) is 83.8 cm³/mol. The van der Waals surface area contributed by atoms with Gasteiger partial charge in [0, 0.05) is 32.9 Å². The van der Waals surface area contributed by atoms with Crippen LogP contribution in [0.2, 0.25) is 15.1 Å². The van der Waals surface area contributed by atoms with E-state index in [9.17, 15) is 4.79 Å². The minimum atomic E-state index is -0.344. The Kier molecular flexibility index (Phi) is 5.12. The number of carbonyl (C=O) groups excluding carboxylic acids is 1. The number of amides is 2. The number of hydrogen-bond donors (Lipinski definition) is 2. The third-order valence-corrected chi connectivity index (χ3v) is 3.55. The van der Waals surface area contributed by atoms with Gasteiger partial charge in [0.15, 0.2) is 0 Å². The zero-order valence-electron chi connectivity index (χ0n) is 10.3. The van der Waals surface area contributed by atoms with Crippen LogP contribution in [0, 0.1) is 0 Å². The SMILES string of the molecule is O=C(NCc1c(Cl)cccc1Cl)Nc1ccc(Cl)cc1. The second kappa shape index (κ2) is 6.84. The van der Waals surface area contributed by atoms with Crippen molar-refractivity contribution in [1.29, 1.82) is 0 Å². The standard InChI is InChI=1S/C14H11Cl3N2O/c15-9-4-6-10(7-5-9)19-14(20)18-8-11-12(16)2-1-3-13(11)17/h1-7H,8H2,(H2,18,19,20). The number of urea groups is 1. The van der Waals surface area contributed by atoms with Gasteiger partial charge in [0.2, 0.25) is 0 Å². The highest BCUT2D eigenvalue weighted by Gasteiger charge is 2.07. The van der Waals surface area contributed by atoms with Gasteiger partial charge in [-0.05, 0) is 36.4 Å². The molecule has 0 heterocycles. The Hall–Kier alpha value is -1.42. The minimum absolute atomic E-state index is 0.248. The molecular weight excluding hydrogens is 319 g/mol. The van der Waals surface area contributed by atoms with Crippen molar-refractivity contribution in [1.82, 2.24) is 5.32 Å². The van der Waals surface area contributed by atoms with E-state index in [-0.39, 0.29) is 12.6 Å². The first kappa shape index (κ1) is 15.0. The summed E-state index contributed by atoms with van der Waals surface area (Å²) in [5, 5.41) is 7.02. The highest BCUT2D eigenvalue weighted by atomic mass is 35.5. The summed E-state index contributed by atoms with van der Waals surface area (Å²) in [7, 11) is 0. The molecule has 2 aromatic rings. The van der Waals surface area contributed by atoms with Crippen molar-refractivity contribution in [2.45, 2.75) is 6.54 Å². The predicted octanol–water partition coefficient (Wildman–Crippen LogP) is 4.97. The second-order valence-corrected chi connectivity index (χ2v) is 5.27. The summed E-state index contributed by atoms with van der Waals surface area (Å²) < 4.78 is 0. The van der Waals surface area contributed by atoms with Crippen LogP contribution < -0.4 is 10.6 Å². The number of hydrogen-bond acceptors (Lipinski definition) is 1. The molecule has 0 radical (unpaired) electrons. The first-order valence-electron chi connectivity index (χ1n) is 5.79. The van der Waals surface area contributed by atoms with Crippen LogP contribution in [0.1, 0.15) is 5.56 Å². The van der Waals surface area contributed by atoms with Crippen molar-refractivity contribution in [3.05, 3.63) is 63.1 Å². The van der Waals surface area contributed by atoms with Crippen LogP contribution in [-0.4, -0.2) is 6.03 Å². The minimum Gasteiger partial charge on any atom is -0.334 e. The van der Waals surface area contributed by atoms with E-state index in [4.69, 9.17) is 34.8 Å². The van der Waals surface area contributed by atoms with E-state index in [0.29, 0.717) is 26.3 Å². The quantitative estimate of drug-likeness (QED) is 0.820. The first-order valence-corrected chi connectivity index (χ1v) is 6.93. The molecule has 0 aromatic heterocycles. The van der Waals surface area contributed by atoms with Crippen LogP contribution in [0.5, 0.6) is 0 Å². The molecule has 0 unspecified atom stereocenters. The Morgan fingerprint density at radius 3 is 2.15 bits per heavy atom. The molecule has 0 bridgehead atoms. The van der Waals surface area contributed by atoms with Crippen LogP contribution >= 0.6 is 34.8 Å². The van der Waals surface area contributed by atoms with E-state index in [2.05, 4.69) is 10.6 Å². The highest BCUT2D eigenvalue weighted by molar-refractivity contribution is 6.36. The molecule has 3 nitrogen and oxygen atoms in total. The zero-order valence-corrected chi connectivity index (χ0v) is 12.6. The summed E-state index contributed by atoms with van der Waals surface area (Å²) in [6.07, 6.45) is 0. The van der Waals surface area contributed by atoms with Crippen molar-refractivity contribution in [3.63, 3.8) is 0 Å². The van der Waals surface area contributed by atoms with Crippen LogP contribution in [0.3, 0.4) is 0 Å². The van der Waals surface area contributed by atoms with E-state index in [1.54, 1.807) is 42.5 Å². The van der Waals surface area contributed by atoms with Crippen molar-refractivity contribution in [3.8, 4) is 0 Å². The number of nitrogens with one attached hydrogen (secondary N) is 2. The highest BCUT2D eigenvalue weighted by Crippen LogP contribution is 2.23. The largest absolute Gasteiger partial charge is 0.334 e. The molecule has 0 atom stereocenters. The number of anilines is 1. The molecule has 0 saturated carbocycles. The lowest BCUT2D eigenvalue weighted by molar-refractivity contribution is 0.252. The molecule has 2 aromatic carbocycles.